The summed E-state index contributed by atoms with van der Waals surface area (Å²) in [5.74, 6) is -0.107. The maximum absolute atomic E-state index is 14.1. The minimum absolute atomic E-state index is 0.0829. The molecule has 0 spiro atoms. The maximum Gasteiger partial charge on any atom is 0.159 e. The van der Waals surface area contributed by atoms with Crippen LogP contribution in [0.5, 0.6) is 0 Å². The molecule has 0 fully saturated rings. The van der Waals surface area contributed by atoms with E-state index < -0.39 is 5.82 Å². The van der Waals surface area contributed by atoms with E-state index in [1.165, 1.54) is 23.4 Å². The van der Waals surface area contributed by atoms with E-state index in [0.29, 0.717) is 16.5 Å². The van der Waals surface area contributed by atoms with Crippen molar-refractivity contribution < 1.29 is 4.39 Å². The van der Waals surface area contributed by atoms with Crippen molar-refractivity contribution in [1.82, 2.24) is 0 Å². The summed E-state index contributed by atoms with van der Waals surface area (Å²) in [4.78, 5) is 1.21. The van der Waals surface area contributed by atoms with Gasteiger partial charge in [-0.2, -0.15) is 0 Å². The molecule has 0 aliphatic rings. The zero-order valence-electron chi connectivity index (χ0n) is 11.3. The van der Waals surface area contributed by atoms with Gasteiger partial charge < -0.3 is 11.5 Å². The molecule has 4 N–H and O–H groups in total. The van der Waals surface area contributed by atoms with Gasteiger partial charge in [-0.15, -0.1) is 0 Å². The molecule has 0 bridgehead atoms. The molecule has 0 atom stereocenters. The minimum atomic E-state index is -0.567. The first-order valence-electron chi connectivity index (χ1n) is 6.21. The van der Waals surface area contributed by atoms with Crippen LogP contribution in [-0.2, 0) is 0 Å². The average molecular weight is 311 g/mol. The number of anilines is 2. The van der Waals surface area contributed by atoms with Crippen molar-refractivity contribution in [3.05, 3.63) is 46.7 Å². The lowest BCUT2D eigenvalue weighted by molar-refractivity contribution is 0.604. The van der Waals surface area contributed by atoms with Crippen molar-refractivity contribution >= 4 is 34.7 Å². The zero-order valence-corrected chi connectivity index (χ0v) is 12.9. The summed E-state index contributed by atoms with van der Waals surface area (Å²) in [5.41, 5.74) is 13.1. The van der Waals surface area contributed by atoms with Crippen molar-refractivity contribution in [2.45, 2.75) is 29.6 Å². The fraction of sp³-hybridized carbons (Fsp3) is 0.200. The molecule has 0 aromatic heterocycles. The number of halogens is 2. The van der Waals surface area contributed by atoms with Gasteiger partial charge in [-0.25, -0.2) is 4.39 Å². The van der Waals surface area contributed by atoms with Crippen molar-refractivity contribution in [2.75, 3.05) is 11.5 Å². The summed E-state index contributed by atoms with van der Waals surface area (Å²) < 4.78 is 14.1. The van der Waals surface area contributed by atoms with Crippen molar-refractivity contribution in [3.8, 4) is 0 Å². The monoisotopic (exact) mass is 310 g/mol. The second kappa shape index (κ2) is 5.94. The highest BCUT2D eigenvalue weighted by atomic mass is 35.5. The third kappa shape index (κ3) is 3.02. The molecule has 0 aliphatic heterocycles. The summed E-state index contributed by atoms with van der Waals surface area (Å²) in [7, 11) is 0. The minimum Gasteiger partial charge on any atom is -0.398 e. The molecule has 0 radical (unpaired) electrons. The van der Waals surface area contributed by atoms with Crippen molar-refractivity contribution in [2.24, 2.45) is 0 Å². The van der Waals surface area contributed by atoms with Gasteiger partial charge in [-0.05, 0) is 29.7 Å². The Morgan fingerprint density at radius 3 is 2.25 bits per heavy atom. The number of hydrogen-bond acceptors (Lipinski definition) is 3. The highest BCUT2D eigenvalue weighted by Crippen LogP contribution is 2.39. The van der Waals surface area contributed by atoms with Crippen LogP contribution < -0.4 is 11.5 Å². The Hall–Kier alpha value is -1.39. The largest absolute Gasteiger partial charge is 0.398 e. The third-order valence-electron chi connectivity index (χ3n) is 2.99. The Labute approximate surface area is 127 Å². The van der Waals surface area contributed by atoms with Crippen LogP contribution >= 0.6 is 23.4 Å². The van der Waals surface area contributed by atoms with Crippen LogP contribution in [0.4, 0.5) is 15.8 Å². The fourth-order valence-corrected chi connectivity index (χ4v) is 2.87. The molecular formula is C15H16ClFN2S. The predicted octanol–water partition coefficient (Wildman–Crippen LogP) is 4.92. The second-order valence-electron chi connectivity index (χ2n) is 4.84. The molecule has 0 unspecified atom stereocenters. The normalized spacial score (nSPS) is 11.1. The van der Waals surface area contributed by atoms with Crippen LogP contribution in [0.25, 0.3) is 0 Å². The van der Waals surface area contributed by atoms with E-state index in [9.17, 15) is 4.39 Å². The van der Waals surface area contributed by atoms with Gasteiger partial charge in [0.2, 0.25) is 0 Å². The molecule has 106 valence electrons. The highest BCUT2D eigenvalue weighted by molar-refractivity contribution is 7.99. The number of hydrogen-bond donors (Lipinski definition) is 2. The first-order valence-corrected chi connectivity index (χ1v) is 7.40. The Morgan fingerprint density at radius 2 is 1.70 bits per heavy atom. The number of nitrogens with two attached hydrogens (primary N) is 2. The molecule has 0 saturated heterocycles. The van der Waals surface area contributed by atoms with Gasteiger partial charge in [0.05, 0.1) is 16.3 Å². The number of benzene rings is 2. The van der Waals surface area contributed by atoms with Crippen LogP contribution in [-0.4, -0.2) is 0 Å². The molecule has 0 aliphatic carbocycles. The predicted molar refractivity (Wildman–Crippen MR) is 84.9 cm³/mol. The molecule has 2 aromatic rings. The van der Waals surface area contributed by atoms with Crippen LogP contribution in [0, 0.1) is 5.82 Å². The first-order chi connectivity index (χ1) is 9.40. The topological polar surface area (TPSA) is 52.0 Å². The molecule has 2 aromatic carbocycles. The SMILES string of the molecule is CC(C)c1ccc(Sc2c(N)cc(N)c(Cl)c2F)cc1. The van der Waals surface area contributed by atoms with Gasteiger partial charge in [-0.1, -0.05) is 49.3 Å². The van der Waals surface area contributed by atoms with Crippen molar-refractivity contribution in [1.29, 1.82) is 0 Å². The Balaban J connectivity index is 2.33. The maximum atomic E-state index is 14.1. The molecule has 2 rings (SSSR count). The van der Waals surface area contributed by atoms with E-state index in [-0.39, 0.29) is 10.7 Å². The summed E-state index contributed by atoms with van der Waals surface area (Å²) in [5, 5.41) is -0.0829. The number of rotatable bonds is 3. The lowest BCUT2D eigenvalue weighted by Crippen LogP contribution is -1.98. The van der Waals surface area contributed by atoms with Crippen LogP contribution in [0.3, 0.4) is 0 Å². The van der Waals surface area contributed by atoms with E-state index >= 15 is 0 Å². The van der Waals surface area contributed by atoms with E-state index in [0.717, 1.165) is 4.90 Å². The number of nitrogen functional groups attached to an aromatic ring is 2. The Kier molecular flexibility index (Phi) is 4.45. The molecule has 5 heteroatoms. The summed E-state index contributed by atoms with van der Waals surface area (Å²) in [6, 6.07) is 9.43. The van der Waals surface area contributed by atoms with Gasteiger partial charge >= 0.3 is 0 Å². The van der Waals surface area contributed by atoms with Crippen molar-refractivity contribution in [3.63, 3.8) is 0 Å². The molecule has 0 saturated carbocycles. The summed E-state index contributed by atoms with van der Waals surface area (Å²) in [6.45, 7) is 4.25. The fourth-order valence-electron chi connectivity index (χ4n) is 1.79. The molecule has 0 heterocycles. The standard InChI is InChI=1S/C15H16ClFN2S/c1-8(2)9-3-5-10(6-4-9)20-15-12(19)7-11(18)13(16)14(15)17/h3-8H,18-19H2,1-2H3. The Morgan fingerprint density at radius 1 is 1.10 bits per heavy atom. The molecule has 2 nitrogen and oxygen atoms in total. The quantitative estimate of drug-likeness (QED) is 0.791. The summed E-state index contributed by atoms with van der Waals surface area (Å²) >= 11 is 7.06. The van der Waals surface area contributed by atoms with Gasteiger partial charge in [0.25, 0.3) is 0 Å². The smallest absolute Gasteiger partial charge is 0.159 e. The molecule has 20 heavy (non-hydrogen) atoms. The zero-order chi connectivity index (χ0) is 14.9. The van der Waals surface area contributed by atoms with Gasteiger partial charge in [0.1, 0.15) is 5.02 Å². The molecular weight excluding hydrogens is 295 g/mol. The average Bonchev–Trinajstić information content (AvgIpc) is 2.42. The van der Waals surface area contributed by atoms with Crippen LogP contribution in [0.1, 0.15) is 25.3 Å². The lowest BCUT2D eigenvalue weighted by Gasteiger charge is -2.11. The van der Waals surface area contributed by atoms with E-state index in [4.69, 9.17) is 23.1 Å². The van der Waals surface area contributed by atoms with Crippen LogP contribution in [0.15, 0.2) is 40.1 Å². The van der Waals surface area contributed by atoms with Crippen LogP contribution in [0.2, 0.25) is 5.02 Å². The Bertz CT molecular complexity index is 627. The second-order valence-corrected chi connectivity index (χ2v) is 6.30. The van der Waals surface area contributed by atoms with Gasteiger partial charge in [-0.3, -0.25) is 0 Å². The highest BCUT2D eigenvalue weighted by Gasteiger charge is 2.15. The first kappa shape index (κ1) is 15.0. The van der Waals surface area contributed by atoms with E-state index in [1.54, 1.807) is 0 Å². The van der Waals surface area contributed by atoms with E-state index in [2.05, 4.69) is 13.8 Å². The van der Waals surface area contributed by atoms with E-state index in [1.807, 2.05) is 24.3 Å². The lowest BCUT2D eigenvalue weighted by atomic mass is 10.0. The molecule has 0 amide bonds. The van der Waals surface area contributed by atoms with Gasteiger partial charge in [0, 0.05) is 4.90 Å². The third-order valence-corrected chi connectivity index (χ3v) is 4.50. The summed E-state index contributed by atoms with van der Waals surface area (Å²) in [6.07, 6.45) is 0. The van der Waals surface area contributed by atoms with Gasteiger partial charge in [0.15, 0.2) is 5.82 Å².